The highest BCUT2D eigenvalue weighted by molar-refractivity contribution is 6.24. The summed E-state index contributed by atoms with van der Waals surface area (Å²) >= 11 is 0. The molecule has 2 aliphatic heterocycles. The molecule has 5 nitrogen and oxygen atoms in total. The Morgan fingerprint density at radius 3 is 1.53 bits per heavy atom. The molecule has 0 bridgehead atoms. The van der Waals surface area contributed by atoms with E-state index in [1.54, 1.807) is 0 Å². The fourth-order valence-corrected chi connectivity index (χ4v) is 5.29. The largest absolute Gasteiger partial charge is 0.421 e. The molecule has 0 radical (unpaired) electrons. The van der Waals surface area contributed by atoms with Crippen molar-refractivity contribution in [3.8, 4) is 0 Å². The molecule has 0 unspecified atom stereocenters. The highest BCUT2D eigenvalue weighted by Gasteiger charge is 2.45. The van der Waals surface area contributed by atoms with E-state index in [2.05, 4.69) is 4.90 Å². The molecule has 0 saturated carbocycles. The molecule has 0 aliphatic carbocycles. The van der Waals surface area contributed by atoms with Gasteiger partial charge in [-0.1, -0.05) is 54.1 Å². The number of esters is 2. The van der Waals surface area contributed by atoms with Crippen molar-refractivity contribution in [1.29, 1.82) is 0 Å². The van der Waals surface area contributed by atoms with E-state index in [9.17, 15) is 9.59 Å². The summed E-state index contributed by atoms with van der Waals surface area (Å²) in [4.78, 5) is 28.2. The van der Waals surface area contributed by atoms with E-state index in [1.165, 1.54) is 0 Å². The first-order valence-corrected chi connectivity index (χ1v) is 12.4. The zero-order valence-electron chi connectivity index (χ0n) is 21.3. The Bertz CT molecular complexity index is 1590. The number of aryl methyl sites for hydroxylation is 3. The molecule has 2 aliphatic rings. The van der Waals surface area contributed by atoms with Gasteiger partial charge in [0.25, 0.3) is 0 Å². The van der Waals surface area contributed by atoms with Crippen LogP contribution >= 0.6 is 0 Å². The first kappa shape index (κ1) is 23.5. The number of rotatable bonds is 5. The molecule has 0 amide bonds. The molecule has 0 N–H and O–H groups in total. The second kappa shape index (κ2) is 9.20. The third-order valence-electron chi connectivity index (χ3n) is 6.82. The lowest BCUT2D eigenvalue weighted by molar-refractivity contribution is -0.131. The van der Waals surface area contributed by atoms with Crippen LogP contribution < -0.4 is 4.90 Å². The van der Waals surface area contributed by atoms with E-state index in [1.807, 2.05) is 118 Å². The summed E-state index contributed by atoms with van der Waals surface area (Å²) < 4.78 is 11.4. The molecule has 0 aromatic heterocycles. The maximum atomic E-state index is 13.0. The molecular weight excluding hydrogens is 474 g/mol. The van der Waals surface area contributed by atoms with E-state index < -0.39 is 11.9 Å². The number of cyclic esters (lactones) is 2. The second-order valence-corrected chi connectivity index (χ2v) is 9.51. The zero-order chi connectivity index (χ0) is 26.4. The molecule has 6 rings (SSSR count). The van der Waals surface area contributed by atoms with Crippen LogP contribution in [-0.4, -0.2) is 11.9 Å². The quantitative estimate of drug-likeness (QED) is 0.269. The lowest BCUT2D eigenvalue weighted by Gasteiger charge is -2.25. The third kappa shape index (κ3) is 3.89. The van der Waals surface area contributed by atoms with Gasteiger partial charge in [0.2, 0.25) is 0 Å². The minimum atomic E-state index is -0.575. The van der Waals surface area contributed by atoms with Crippen molar-refractivity contribution in [3.05, 3.63) is 136 Å². The Labute approximate surface area is 221 Å². The standard InChI is InChI=1S/C33H25NO4/c1-20-18-21(2)27(22(3)19-20)31-29-28(32(35)38-31)30(37-33(29)36)23-14-16-26(17-15-23)34(24-10-6-4-7-11-24)25-12-8-5-9-13-25/h4-19H,1-3H3. The Morgan fingerprint density at radius 1 is 0.553 bits per heavy atom. The SMILES string of the molecule is Cc1cc(C)c(C2=C3C(=O)OC(c4ccc(N(c5ccccc5)c5ccccc5)cc4)=C3C(=O)O2)c(C)c1. The van der Waals surface area contributed by atoms with Crippen molar-refractivity contribution in [1.82, 2.24) is 0 Å². The summed E-state index contributed by atoms with van der Waals surface area (Å²) in [5.41, 5.74) is 7.68. The number of para-hydroxylation sites is 2. The lowest BCUT2D eigenvalue weighted by Crippen LogP contribution is -2.09. The van der Waals surface area contributed by atoms with Crippen LogP contribution in [0.3, 0.4) is 0 Å². The van der Waals surface area contributed by atoms with Gasteiger partial charge >= 0.3 is 11.9 Å². The van der Waals surface area contributed by atoms with Gasteiger partial charge in [-0.2, -0.15) is 0 Å². The number of nitrogens with zero attached hydrogens (tertiary/aromatic N) is 1. The van der Waals surface area contributed by atoms with Gasteiger partial charge in [0, 0.05) is 28.2 Å². The number of carbonyl (C=O) groups excluding carboxylic acids is 2. The molecule has 38 heavy (non-hydrogen) atoms. The number of ether oxygens (including phenoxy) is 2. The van der Waals surface area contributed by atoms with Crippen molar-refractivity contribution >= 4 is 40.5 Å². The summed E-state index contributed by atoms with van der Waals surface area (Å²) in [5, 5.41) is 0. The number of anilines is 3. The maximum Gasteiger partial charge on any atom is 0.348 e. The van der Waals surface area contributed by atoms with Crippen LogP contribution in [0.15, 0.2) is 108 Å². The van der Waals surface area contributed by atoms with Gasteiger partial charge in [0.1, 0.15) is 11.1 Å². The van der Waals surface area contributed by atoms with Crippen LogP contribution in [0.1, 0.15) is 27.8 Å². The molecule has 0 atom stereocenters. The van der Waals surface area contributed by atoms with Gasteiger partial charge < -0.3 is 14.4 Å². The Morgan fingerprint density at radius 2 is 1.00 bits per heavy atom. The molecule has 0 spiro atoms. The highest BCUT2D eigenvalue weighted by Crippen LogP contribution is 2.45. The summed E-state index contributed by atoms with van der Waals surface area (Å²) in [6.07, 6.45) is 0. The predicted molar refractivity (Wildman–Crippen MR) is 148 cm³/mol. The fraction of sp³-hybridized carbons (Fsp3) is 0.0909. The van der Waals surface area contributed by atoms with Gasteiger partial charge in [-0.05, 0) is 80.4 Å². The van der Waals surface area contributed by atoms with Gasteiger partial charge in [-0.25, -0.2) is 9.59 Å². The zero-order valence-corrected chi connectivity index (χ0v) is 21.3. The maximum absolute atomic E-state index is 13.0. The van der Waals surface area contributed by atoms with E-state index >= 15 is 0 Å². The third-order valence-corrected chi connectivity index (χ3v) is 6.82. The van der Waals surface area contributed by atoms with E-state index in [0.29, 0.717) is 5.56 Å². The summed E-state index contributed by atoms with van der Waals surface area (Å²) in [6, 6.07) is 31.8. The Kier molecular flexibility index (Phi) is 5.69. The summed E-state index contributed by atoms with van der Waals surface area (Å²) in [7, 11) is 0. The molecular formula is C33H25NO4. The average Bonchev–Trinajstić information content (AvgIpc) is 3.43. The minimum Gasteiger partial charge on any atom is -0.421 e. The monoisotopic (exact) mass is 499 g/mol. The number of carbonyl (C=O) groups is 2. The minimum absolute atomic E-state index is 0.181. The lowest BCUT2D eigenvalue weighted by atomic mass is 9.95. The molecule has 0 saturated heterocycles. The number of benzene rings is 4. The van der Waals surface area contributed by atoms with Gasteiger partial charge in [-0.15, -0.1) is 0 Å². The molecule has 5 heteroatoms. The predicted octanol–water partition coefficient (Wildman–Crippen LogP) is 7.32. The topological polar surface area (TPSA) is 55.8 Å². The molecule has 4 aromatic rings. The Balaban J connectivity index is 1.43. The highest BCUT2D eigenvalue weighted by atomic mass is 16.6. The van der Waals surface area contributed by atoms with Crippen molar-refractivity contribution in [3.63, 3.8) is 0 Å². The molecule has 0 fully saturated rings. The van der Waals surface area contributed by atoms with Crippen LogP contribution in [-0.2, 0) is 19.1 Å². The van der Waals surface area contributed by atoms with Crippen LogP contribution in [0.5, 0.6) is 0 Å². The van der Waals surface area contributed by atoms with Crippen molar-refractivity contribution in [2.24, 2.45) is 0 Å². The van der Waals surface area contributed by atoms with Gasteiger partial charge in [0.05, 0.1) is 0 Å². The van der Waals surface area contributed by atoms with Crippen molar-refractivity contribution in [2.45, 2.75) is 20.8 Å². The Hall–Kier alpha value is -4.90. The van der Waals surface area contributed by atoms with Gasteiger partial charge in [-0.3, -0.25) is 0 Å². The molecule has 4 aromatic carbocycles. The smallest absolute Gasteiger partial charge is 0.348 e. The van der Waals surface area contributed by atoms with Crippen LogP contribution in [0.4, 0.5) is 17.1 Å². The first-order chi connectivity index (χ1) is 18.4. The van der Waals surface area contributed by atoms with E-state index in [4.69, 9.17) is 9.47 Å². The van der Waals surface area contributed by atoms with Crippen LogP contribution in [0, 0.1) is 20.8 Å². The van der Waals surface area contributed by atoms with Crippen LogP contribution in [0.2, 0.25) is 0 Å². The molecule has 186 valence electrons. The van der Waals surface area contributed by atoms with Gasteiger partial charge in [0.15, 0.2) is 11.5 Å². The fourth-order valence-electron chi connectivity index (χ4n) is 5.29. The number of fused-ring (bicyclic) bond motifs is 1. The van der Waals surface area contributed by atoms with Crippen molar-refractivity contribution < 1.29 is 19.1 Å². The van der Waals surface area contributed by atoms with Crippen LogP contribution in [0.25, 0.3) is 11.5 Å². The van der Waals surface area contributed by atoms with Crippen molar-refractivity contribution in [2.75, 3.05) is 4.90 Å². The van der Waals surface area contributed by atoms with E-state index in [-0.39, 0.29) is 22.7 Å². The van der Waals surface area contributed by atoms with E-state index in [0.717, 1.165) is 39.3 Å². The number of hydrogen-bond donors (Lipinski definition) is 0. The summed E-state index contributed by atoms with van der Waals surface area (Å²) in [6.45, 7) is 5.91. The molecule has 2 heterocycles. The first-order valence-electron chi connectivity index (χ1n) is 12.4. The summed E-state index contributed by atoms with van der Waals surface area (Å²) in [5.74, 6) is -0.648. The second-order valence-electron chi connectivity index (χ2n) is 9.51. The average molecular weight is 500 g/mol. The number of hydrogen-bond acceptors (Lipinski definition) is 5. The normalized spacial score (nSPS) is 14.5.